The summed E-state index contributed by atoms with van der Waals surface area (Å²) in [6.07, 6.45) is 2.96. The molecular formula is C9H18N2O. The van der Waals surface area contributed by atoms with Gasteiger partial charge in [0.05, 0.1) is 6.10 Å². The summed E-state index contributed by atoms with van der Waals surface area (Å²) in [5, 5.41) is 0. The van der Waals surface area contributed by atoms with E-state index < -0.39 is 0 Å². The molecule has 0 unspecified atom stereocenters. The van der Waals surface area contributed by atoms with Crippen LogP contribution in [0.4, 0.5) is 0 Å². The van der Waals surface area contributed by atoms with Crippen LogP contribution in [0.5, 0.6) is 0 Å². The predicted octanol–water partition coefficient (Wildman–Crippen LogP) is 0.0543. The standard InChI is InChI=1S/C9H18N2O/c1-12-9-5-11(6-9)4-7-2-8(10)3-7/h7-9H,2-6,10H2,1H3. The van der Waals surface area contributed by atoms with Crippen LogP contribution < -0.4 is 5.73 Å². The molecule has 0 aromatic carbocycles. The van der Waals surface area contributed by atoms with E-state index in [9.17, 15) is 0 Å². The van der Waals surface area contributed by atoms with E-state index in [-0.39, 0.29) is 0 Å². The molecule has 1 aliphatic heterocycles. The minimum Gasteiger partial charge on any atom is -0.379 e. The molecule has 2 fully saturated rings. The van der Waals surface area contributed by atoms with Gasteiger partial charge in [0, 0.05) is 32.8 Å². The number of ether oxygens (including phenoxy) is 1. The molecule has 0 aromatic heterocycles. The molecular weight excluding hydrogens is 152 g/mol. The number of nitrogens with zero attached hydrogens (tertiary/aromatic N) is 1. The molecule has 1 saturated carbocycles. The van der Waals surface area contributed by atoms with E-state index in [1.165, 1.54) is 19.4 Å². The Morgan fingerprint density at radius 3 is 2.58 bits per heavy atom. The van der Waals surface area contributed by atoms with Gasteiger partial charge in [0.2, 0.25) is 0 Å². The van der Waals surface area contributed by atoms with E-state index in [0.29, 0.717) is 12.1 Å². The molecule has 2 rings (SSSR count). The molecule has 1 saturated heterocycles. The second-order valence-electron chi connectivity index (χ2n) is 4.17. The smallest absolute Gasteiger partial charge is 0.0824 e. The van der Waals surface area contributed by atoms with Gasteiger partial charge in [-0.25, -0.2) is 0 Å². The number of methoxy groups -OCH3 is 1. The molecule has 2 aliphatic rings. The van der Waals surface area contributed by atoms with Crippen molar-refractivity contribution in [2.45, 2.75) is 25.0 Å². The quantitative estimate of drug-likeness (QED) is 0.650. The highest BCUT2D eigenvalue weighted by atomic mass is 16.5. The molecule has 0 spiro atoms. The van der Waals surface area contributed by atoms with Crippen molar-refractivity contribution >= 4 is 0 Å². The van der Waals surface area contributed by atoms with Gasteiger partial charge < -0.3 is 10.5 Å². The zero-order valence-electron chi connectivity index (χ0n) is 7.70. The van der Waals surface area contributed by atoms with Crippen molar-refractivity contribution < 1.29 is 4.74 Å². The number of nitrogens with two attached hydrogens (primary N) is 1. The molecule has 0 bridgehead atoms. The summed E-state index contributed by atoms with van der Waals surface area (Å²) in [6, 6.07) is 0.495. The van der Waals surface area contributed by atoms with Crippen LogP contribution in [0, 0.1) is 5.92 Å². The normalized spacial score (nSPS) is 37.5. The van der Waals surface area contributed by atoms with Gasteiger partial charge in [-0.1, -0.05) is 0 Å². The van der Waals surface area contributed by atoms with Crippen LogP contribution in [0.1, 0.15) is 12.8 Å². The Bertz CT molecular complexity index is 151. The lowest BCUT2D eigenvalue weighted by atomic mass is 9.80. The van der Waals surface area contributed by atoms with Gasteiger partial charge >= 0.3 is 0 Å². The van der Waals surface area contributed by atoms with E-state index in [1.807, 2.05) is 0 Å². The fourth-order valence-corrected chi connectivity index (χ4v) is 2.12. The molecule has 0 aromatic rings. The third kappa shape index (κ3) is 1.63. The Kier molecular flexibility index (Phi) is 2.35. The first-order valence-electron chi connectivity index (χ1n) is 4.78. The molecule has 1 aliphatic carbocycles. The fourth-order valence-electron chi connectivity index (χ4n) is 2.12. The van der Waals surface area contributed by atoms with E-state index in [4.69, 9.17) is 10.5 Å². The van der Waals surface area contributed by atoms with Gasteiger partial charge in [0.1, 0.15) is 0 Å². The van der Waals surface area contributed by atoms with Gasteiger partial charge in [0.15, 0.2) is 0 Å². The Hall–Kier alpha value is -0.120. The average Bonchev–Trinajstić information content (AvgIpc) is 1.91. The summed E-state index contributed by atoms with van der Waals surface area (Å²) in [5.41, 5.74) is 5.71. The average molecular weight is 170 g/mol. The summed E-state index contributed by atoms with van der Waals surface area (Å²) in [7, 11) is 1.79. The van der Waals surface area contributed by atoms with E-state index >= 15 is 0 Å². The molecule has 1 heterocycles. The third-order valence-electron chi connectivity index (χ3n) is 3.05. The Labute approximate surface area is 73.9 Å². The van der Waals surface area contributed by atoms with E-state index in [2.05, 4.69) is 4.90 Å². The maximum absolute atomic E-state index is 5.71. The first-order chi connectivity index (χ1) is 5.78. The molecule has 2 N–H and O–H groups in total. The van der Waals surface area contributed by atoms with Crippen LogP contribution in [0.3, 0.4) is 0 Å². The molecule has 3 heteroatoms. The van der Waals surface area contributed by atoms with Crippen molar-refractivity contribution in [3.63, 3.8) is 0 Å². The topological polar surface area (TPSA) is 38.5 Å². The Morgan fingerprint density at radius 1 is 1.42 bits per heavy atom. The lowest BCUT2D eigenvalue weighted by Crippen LogP contribution is -2.55. The largest absolute Gasteiger partial charge is 0.379 e. The third-order valence-corrected chi connectivity index (χ3v) is 3.05. The van der Waals surface area contributed by atoms with Crippen molar-refractivity contribution in [3.05, 3.63) is 0 Å². The van der Waals surface area contributed by atoms with Gasteiger partial charge in [0.25, 0.3) is 0 Å². The number of hydrogen-bond acceptors (Lipinski definition) is 3. The van der Waals surface area contributed by atoms with Crippen molar-refractivity contribution in [1.82, 2.24) is 4.90 Å². The van der Waals surface area contributed by atoms with Crippen LogP contribution in [0.25, 0.3) is 0 Å². The molecule has 12 heavy (non-hydrogen) atoms. The highest BCUT2D eigenvalue weighted by Gasteiger charge is 2.32. The Morgan fingerprint density at radius 2 is 2.08 bits per heavy atom. The second kappa shape index (κ2) is 3.32. The minimum atomic E-state index is 0.495. The molecule has 0 amide bonds. The lowest BCUT2D eigenvalue weighted by molar-refractivity contribution is -0.0419. The summed E-state index contributed by atoms with van der Waals surface area (Å²) in [5.74, 6) is 0.873. The van der Waals surface area contributed by atoms with Crippen molar-refractivity contribution in [2.75, 3.05) is 26.7 Å². The van der Waals surface area contributed by atoms with Crippen molar-refractivity contribution in [3.8, 4) is 0 Å². The summed E-state index contributed by atoms with van der Waals surface area (Å²) in [4.78, 5) is 2.46. The van der Waals surface area contributed by atoms with Crippen LogP contribution in [-0.2, 0) is 4.74 Å². The van der Waals surface area contributed by atoms with E-state index in [0.717, 1.165) is 19.0 Å². The minimum absolute atomic E-state index is 0.495. The van der Waals surface area contributed by atoms with Gasteiger partial charge in [-0.2, -0.15) is 0 Å². The molecule has 3 nitrogen and oxygen atoms in total. The molecule has 70 valence electrons. The fraction of sp³-hybridized carbons (Fsp3) is 1.00. The SMILES string of the molecule is COC1CN(CC2CC(N)C2)C1. The first kappa shape index (κ1) is 8.48. The lowest BCUT2D eigenvalue weighted by Gasteiger charge is -2.43. The van der Waals surface area contributed by atoms with Crippen molar-refractivity contribution in [2.24, 2.45) is 11.7 Å². The second-order valence-corrected chi connectivity index (χ2v) is 4.17. The summed E-state index contributed by atoms with van der Waals surface area (Å²) >= 11 is 0. The number of rotatable bonds is 3. The van der Waals surface area contributed by atoms with E-state index in [1.54, 1.807) is 7.11 Å². The van der Waals surface area contributed by atoms with Gasteiger partial charge in [-0.15, -0.1) is 0 Å². The maximum atomic E-state index is 5.71. The van der Waals surface area contributed by atoms with Crippen LogP contribution in [0.2, 0.25) is 0 Å². The Balaban J connectivity index is 1.58. The maximum Gasteiger partial charge on any atom is 0.0824 e. The zero-order chi connectivity index (χ0) is 8.55. The van der Waals surface area contributed by atoms with Gasteiger partial charge in [-0.3, -0.25) is 4.90 Å². The first-order valence-corrected chi connectivity index (χ1v) is 4.78. The number of likely N-dealkylation sites (tertiary alicyclic amines) is 1. The monoisotopic (exact) mass is 170 g/mol. The number of hydrogen-bond donors (Lipinski definition) is 1. The molecule has 0 radical (unpaired) electrons. The van der Waals surface area contributed by atoms with Crippen LogP contribution >= 0.6 is 0 Å². The highest BCUT2D eigenvalue weighted by Crippen LogP contribution is 2.28. The van der Waals surface area contributed by atoms with Crippen LogP contribution in [-0.4, -0.2) is 43.8 Å². The zero-order valence-corrected chi connectivity index (χ0v) is 7.70. The highest BCUT2D eigenvalue weighted by molar-refractivity contribution is 4.88. The van der Waals surface area contributed by atoms with Crippen molar-refractivity contribution in [1.29, 1.82) is 0 Å². The van der Waals surface area contributed by atoms with Gasteiger partial charge in [-0.05, 0) is 18.8 Å². The molecule has 0 atom stereocenters. The summed E-state index contributed by atoms with van der Waals surface area (Å²) in [6.45, 7) is 3.50. The van der Waals surface area contributed by atoms with Crippen LogP contribution in [0.15, 0.2) is 0 Å². The summed E-state index contributed by atoms with van der Waals surface area (Å²) < 4.78 is 5.20. The predicted molar refractivity (Wildman–Crippen MR) is 47.9 cm³/mol.